The van der Waals surface area contributed by atoms with Crippen molar-refractivity contribution in [2.45, 2.75) is 50.4 Å². The Bertz CT molecular complexity index is 1090. The molecular weight excluding hydrogens is 460 g/mol. The summed E-state index contributed by atoms with van der Waals surface area (Å²) in [7, 11) is 0. The monoisotopic (exact) mass is 490 g/mol. The van der Waals surface area contributed by atoms with Gasteiger partial charge in [-0.1, -0.05) is 18.2 Å². The molecule has 2 rings (SSSR count). The van der Waals surface area contributed by atoms with Gasteiger partial charge in [0.2, 0.25) is 23.6 Å². The Morgan fingerprint density at radius 1 is 1.00 bits per heavy atom. The number of amides is 4. The maximum Gasteiger partial charge on any atom is 0.325 e. The number of hydrogen-bond donors (Lipinski definition) is 8. The van der Waals surface area contributed by atoms with Crippen molar-refractivity contribution in [1.82, 2.24) is 20.9 Å². The Hall–Kier alpha value is -3.97. The van der Waals surface area contributed by atoms with Crippen molar-refractivity contribution in [3.8, 4) is 0 Å². The van der Waals surface area contributed by atoms with E-state index in [4.69, 9.17) is 16.6 Å². The lowest BCUT2D eigenvalue weighted by Crippen LogP contribution is -2.57. The minimum Gasteiger partial charge on any atom is -0.480 e. The fraction of sp³-hybridized carbons (Fsp3) is 0.409. The zero-order chi connectivity index (χ0) is 26.1. The molecule has 4 amide bonds. The summed E-state index contributed by atoms with van der Waals surface area (Å²) < 4.78 is 0. The highest BCUT2D eigenvalue weighted by atomic mass is 16.4. The van der Waals surface area contributed by atoms with Crippen LogP contribution >= 0.6 is 0 Å². The van der Waals surface area contributed by atoms with Crippen molar-refractivity contribution in [3.63, 3.8) is 0 Å². The number of carboxylic acid groups (broad SMARTS) is 1. The van der Waals surface area contributed by atoms with E-state index in [9.17, 15) is 29.1 Å². The van der Waals surface area contributed by atoms with E-state index < -0.39 is 60.4 Å². The number of rotatable bonds is 13. The molecule has 10 N–H and O–H groups in total. The van der Waals surface area contributed by atoms with Crippen molar-refractivity contribution >= 4 is 40.5 Å². The molecule has 0 bridgehead atoms. The third-order valence-corrected chi connectivity index (χ3v) is 5.31. The highest BCUT2D eigenvalue weighted by Gasteiger charge is 2.30. The topological polar surface area (TPSA) is 230 Å². The number of hydrogen-bond acceptors (Lipinski definition) is 7. The number of carboxylic acids is 1. The van der Waals surface area contributed by atoms with Crippen LogP contribution in [0.25, 0.3) is 10.9 Å². The molecule has 1 aromatic carbocycles. The number of aliphatic hydroxyl groups excluding tert-OH is 1. The first-order chi connectivity index (χ1) is 16.5. The summed E-state index contributed by atoms with van der Waals surface area (Å²) in [5.41, 5.74) is 12.2. The third-order valence-electron chi connectivity index (χ3n) is 5.31. The number of nitrogens with one attached hydrogen (secondary N) is 4. The maximum absolute atomic E-state index is 13.2. The highest BCUT2D eigenvalue weighted by Crippen LogP contribution is 2.19. The van der Waals surface area contributed by atoms with E-state index in [1.165, 1.54) is 6.92 Å². The maximum atomic E-state index is 13.2. The second-order valence-corrected chi connectivity index (χ2v) is 8.05. The quantitative estimate of drug-likeness (QED) is 0.154. The first-order valence-corrected chi connectivity index (χ1v) is 10.9. The van der Waals surface area contributed by atoms with Gasteiger partial charge in [0.05, 0.1) is 6.61 Å². The van der Waals surface area contributed by atoms with Gasteiger partial charge in [-0.25, -0.2) is 0 Å². The highest BCUT2D eigenvalue weighted by molar-refractivity contribution is 5.95. The first kappa shape index (κ1) is 27.3. The molecule has 13 heteroatoms. The van der Waals surface area contributed by atoms with Crippen LogP contribution in [-0.2, 0) is 30.4 Å². The molecule has 190 valence electrons. The van der Waals surface area contributed by atoms with Gasteiger partial charge in [0.1, 0.15) is 24.2 Å². The number of fused-ring (bicyclic) bond motifs is 1. The molecule has 0 saturated carbocycles. The summed E-state index contributed by atoms with van der Waals surface area (Å²) in [5.74, 6) is -4.41. The molecule has 0 radical (unpaired) electrons. The van der Waals surface area contributed by atoms with Crippen LogP contribution in [0.15, 0.2) is 30.5 Å². The zero-order valence-corrected chi connectivity index (χ0v) is 19.1. The zero-order valence-electron chi connectivity index (χ0n) is 19.1. The number of aliphatic hydroxyl groups is 1. The normalized spacial score (nSPS) is 14.4. The van der Waals surface area contributed by atoms with Crippen LogP contribution in [0.1, 0.15) is 25.3 Å². The number of para-hydroxylation sites is 1. The number of primary amides is 1. The molecule has 1 heterocycles. The summed E-state index contributed by atoms with van der Waals surface area (Å²) in [6.45, 7) is 0.591. The van der Waals surface area contributed by atoms with E-state index in [1.807, 2.05) is 24.3 Å². The van der Waals surface area contributed by atoms with Gasteiger partial charge < -0.3 is 42.6 Å². The van der Waals surface area contributed by atoms with E-state index >= 15 is 0 Å². The Labute approximate surface area is 200 Å². The molecule has 1 aromatic heterocycles. The van der Waals surface area contributed by atoms with Crippen LogP contribution in [0.5, 0.6) is 0 Å². The summed E-state index contributed by atoms with van der Waals surface area (Å²) in [4.78, 5) is 63.5. The van der Waals surface area contributed by atoms with Crippen molar-refractivity contribution in [2.75, 3.05) is 6.61 Å². The van der Waals surface area contributed by atoms with Crippen LogP contribution in [0.4, 0.5) is 0 Å². The molecule has 0 aliphatic rings. The smallest absolute Gasteiger partial charge is 0.325 e. The fourth-order valence-corrected chi connectivity index (χ4v) is 3.29. The second-order valence-electron chi connectivity index (χ2n) is 8.05. The third kappa shape index (κ3) is 7.79. The van der Waals surface area contributed by atoms with Gasteiger partial charge in [-0.3, -0.25) is 24.0 Å². The summed E-state index contributed by atoms with van der Waals surface area (Å²) in [6, 6.07) is 2.26. The van der Waals surface area contributed by atoms with Gasteiger partial charge in [0, 0.05) is 29.9 Å². The molecule has 0 fully saturated rings. The van der Waals surface area contributed by atoms with E-state index in [2.05, 4.69) is 20.9 Å². The first-order valence-electron chi connectivity index (χ1n) is 10.9. The lowest BCUT2D eigenvalue weighted by molar-refractivity contribution is -0.142. The Balaban J connectivity index is 2.28. The molecule has 0 aliphatic heterocycles. The number of aromatic nitrogens is 1. The van der Waals surface area contributed by atoms with Gasteiger partial charge in [-0.2, -0.15) is 0 Å². The molecule has 35 heavy (non-hydrogen) atoms. The lowest BCUT2D eigenvalue weighted by atomic mass is 10.0. The number of nitrogens with two attached hydrogens (primary N) is 2. The number of carbonyl (C=O) groups is 5. The van der Waals surface area contributed by atoms with Crippen molar-refractivity contribution in [1.29, 1.82) is 0 Å². The average Bonchev–Trinajstić information content (AvgIpc) is 3.22. The summed E-state index contributed by atoms with van der Waals surface area (Å²) >= 11 is 0. The van der Waals surface area contributed by atoms with Gasteiger partial charge in [-0.05, 0) is 25.0 Å². The van der Waals surface area contributed by atoms with Crippen LogP contribution < -0.4 is 27.4 Å². The van der Waals surface area contributed by atoms with E-state index in [1.54, 1.807) is 6.20 Å². The van der Waals surface area contributed by atoms with E-state index in [0.717, 1.165) is 10.9 Å². The molecule has 13 nitrogen and oxygen atoms in total. The van der Waals surface area contributed by atoms with Crippen LogP contribution in [0, 0.1) is 0 Å². The number of benzene rings is 1. The van der Waals surface area contributed by atoms with Gasteiger partial charge in [0.15, 0.2) is 0 Å². The molecule has 0 saturated heterocycles. The summed E-state index contributed by atoms with van der Waals surface area (Å²) in [6.07, 6.45) is 1.24. The average molecular weight is 491 g/mol. The van der Waals surface area contributed by atoms with E-state index in [0.29, 0.717) is 5.56 Å². The molecule has 0 aliphatic carbocycles. The molecule has 4 atom stereocenters. The molecular formula is C22H30N6O7. The fourth-order valence-electron chi connectivity index (χ4n) is 3.29. The number of carbonyl (C=O) groups excluding carboxylic acids is 4. The molecule has 4 unspecified atom stereocenters. The SMILES string of the molecule is CC(NC(=O)C(CCC(N)=O)NC(=O)C(Cc1c[nH]c2ccccc12)NC(=O)C(N)CO)C(=O)O. The van der Waals surface area contributed by atoms with Crippen molar-refractivity contribution < 1.29 is 34.2 Å². The summed E-state index contributed by atoms with van der Waals surface area (Å²) in [5, 5.41) is 26.2. The minimum atomic E-state index is -1.30. The Kier molecular flexibility index (Phi) is 9.73. The van der Waals surface area contributed by atoms with Gasteiger partial charge >= 0.3 is 5.97 Å². The van der Waals surface area contributed by atoms with Crippen molar-refractivity contribution in [3.05, 3.63) is 36.0 Å². The number of aliphatic carboxylic acids is 1. The molecule has 2 aromatic rings. The van der Waals surface area contributed by atoms with E-state index in [-0.39, 0.29) is 19.3 Å². The number of aromatic amines is 1. The number of H-pyrrole nitrogens is 1. The minimum absolute atomic E-state index is 0.00935. The van der Waals surface area contributed by atoms with Crippen LogP contribution in [0.3, 0.4) is 0 Å². The Morgan fingerprint density at radius 3 is 2.26 bits per heavy atom. The second kappa shape index (κ2) is 12.5. The standard InChI is InChI=1S/C22H30N6O7/c1-11(22(34)35)26-20(32)16(6-7-18(24)30)27-21(33)17(28-19(31)14(23)10-29)8-12-9-25-15-5-3-2-4-13(12)15/h2-5,9,11,14,16-17,25,29H,6-8,10,23H2,1H3,(H2,24,30)(H,26,32)(H,27,33)(H,28,31)(H,34,35). The Morgan fingerprint density at radius 2 is 1.63 bits per heavy atom. The van der Waals surface area contributed by atoms with Crippen LogP contribution in [-0.4, -0.2) is 75.6 Å². The predicted octanol–water partition coefficient (Wildman–Crippen LogP) is -2.15. The predicted molar refractivity (Wildman–Crippen MR) is 125 cm³/mol. The van der Waals surface area contributed by atoms with Gasteiger partial charge in [0.25, 0.3) is 0 Å². The van der Waals surface area contributed by atoms with Gasteiger partial charge in [-0.15, -0.1) is 0 Å². The van der Waals surface area contributed by atoms with Crippen LogP contribution in [0.2, 0.25) is 0 Å². The largest absolute Gasteiger partial charge is 0.480 e. The lowest BCUT2D eigenvalue weighted by Gasteiger charge is -2.24. The molecule has 0 spiro atoms. The van der Waals surface area contributed by atoms with Crippen molar-refractivity contribution in [2.24, 2.45) is 11.5 Å².